The van der Waals surface area contributed by atoms with E-state index >= 15 is 0 Å². The van der Waals surface area contributed by atoms with Crippen LogP contribution in [0.25, 0.3) is 0 Å². The molecule has 4 aliphatic rings. The van der Waals surface area contributed by atoms with Gasteiger partial charge >= 0.3 is 0 Å². The van der Waals surface area contributed by atoms with Gasteiger partial charge in [0, 0.05) is 17.8 Å². The third kappa shape index (κ3) is 2.87. The van der Waals surface area contributed by atoms with Crippen molar-refractivity contribution in [3.8, 4) is 0 Å². The van der Waals surface area contributed by atoms with Crippen LogP contribution in [-0.4, -0.2) is 28.2 Å². The summed E-state index contributed by atoms with van der Waals surface area (Å²) in [5, 5.41) is 25.4. The van der Waals surface area contributed by atoms with Crippen LogP contribution in [0.2, 0.25) is 0 Å². The lowest BCUT2D eigenvalue weighted by Crippen LogP contribution is -2.50. The maximum Gasteiger partial charge on any atom is 0.156 e. The van der Waals surface area contributed by atoms with Crippen molar-refractivity contribution >= 4 is 17.1 Å². The second-order valence-electron chi connectivity index (χ2n) is 9.60. The molecule has 5 atom stereocenters. The van der Waals surface area contributed by atoms with E-state index < -0.39 is 5.60 Å². The van der Waals surface area contributed by atoms with Gasteiger partial charge in [-0.25, -0.2) is 0 Å². The molecule has 0 aliphatic heterocycles. The Bertz CT molecular complexity index is 909. The Labute approximate surface area is 176 Å². The summed E-state index contributed by atoms with van der Waals surface area (Å²) in [6.45, 7) is 2.25. The molecule has 1 heterocycles. The molecule has 0 radical (unpaired) electrons. The minimum absolute atomic E-state index is 0.0298. The summed E-state index contributed by atoms with van der Waals surface area (Å²) in [7, 11) is 0. The number of hydrogen-bond donors (Lipinski definition) is 2. The smallest absolute Gasteiger partial charge is 0.156 e. The number of allylic oxidation sites excluding steroid dienone is 4. The third-order valence-corrected chi connectivity index (χ3v) is 9.10. The van der Waals surface area contributed by atoms with Crippen LogP contribution in [0.15, 0.2) is 51.8 Å². The van der Waals surface area contributed by atoms with E-state index in [2.05, 4.69) is 23.8 Å². The average Bonchev–Trinajstić information content (AvgIpc) is 3.33. The standard InChI is InChI=1S/C25H30O3S/c1-24-14-21(17-8-12-29-15-17)23-19-6-4-18(27)13-16(19)3-5-20(23)22(24)7-10-25(24,28)9-2-11-26/h2,8-9,12-13,15,20-22,26,28H,3-7,10-11,14H2,1H3/t20-,21+,22-,24-,25-/m0/s1. The van der Waals surface area contributed by atoms with Gasteiger partial charge in [0.15, 0.2) is 5.78 Å². The number of thiophene rings is 1. The van der Waals surface area contributed by atoms with Gasteiger partial charge in [-0.2, -0.15) is 11.3 Å². The summed E-state index contributed by atoms with van der Waals surface area (Å²) < 4.78 is 0. The molecule has 0 bridgehead atoms. The highest BCUT2D eigenvalue weighted by atomic mass is 32.1. The van der Waals surface area contributed by atoms with Gasteiger partial charge in [0.2, 0.25) is 0 Å². The van der Waals surface area contributed by atoms with E-state index in [4.69, 9.17) is 0 Å². The average molecular weight is 411 g/mol. The number of aliphatic hydroxyl groups excluding tert-OH is 1. The number of rotatable bonds is 3. The van der Waals surface area contributed by atoms with Crippen molar-refractivity contribution in [3.63, 3.8) is 0 Å². The molecule has 2 N–H and O–H groups in total. The highest BCUT2D eigenvalue weighted by Crippen LogP contribution is 2.67. The van der Waals surface area contributed by atoms with Crippen LogP contribution in [-0.2, 0) is 4.79 Å². The summed E-state index contributed by atoms with van der Waals surface area (Å²) >= 11 is 1.74. The van der Waals surface area contributed by atoms with Gasteiger partial charge in [-0.3, -0.25) is 4.79 Å². The first-order valence-electron chi connectivity index (χ1n) is 11.0. The van der Waals surface area contributed by atoms with E-state index in [9.17, 15) is 15.0 Å². The van der Waals surface area contributed by atoms with Gasteiger partial charge in [-0.15, -0.1) is 0 Å². The largest absolute Gasteiger partial charge is 0.392 e. The Hall–Kier alpha value is -1.49. The summed E-state index contributed by atoms with van der Waals surface area (Å²) in [4.78, 5) is 12.0. The minimum Gasteiger partial charge on any atom is -0.392 e. The molecular weight excluding hydrogens is 380 g/mol. The Morgan fingerprint density at radius 2 is 2.14 bits per heavy atom. The molecule has 0 aromatic carbocycles. The molecule has 0 amide bonds. The van der Waals surface area contributed by atoms with Crippen LogP contribution in [0.1, 0.15) is 63.4 Å². The first-order chi connectivity index (χ1) is 14.0. The van der Waals surface area contributed by atoms with Crippen LogP contribution in [0.4, 0.5) is 0 Å². The van der Waals surface area contributed by atoms with Gasteiger partial charge in [-0.1, -0.05) is 24.6 Å². The molecule has 1 aromatic heterocycles. The Morgan fingerprint density at radius 1 is 1.28 bits per heavy atom. The molecule has 4 heteroatoms. The molecule has 3 nitrogen and oxygen atoms in total. The lowest BCUT2D eigenvalue weighted by molar-refractivity contribution is -0.114. The fourth-order valence-electron chi connectivity index (χ4n) is 6.99. The zero-order valence-corrected chi connectivity index (χ0v) is 17.9. The van der Waals surface area contributed by atoms with Gasteiger partial charge in [0.05, 0.1) is 12.2 Å². The fourth-order valence-corrected chi connectivity index (χ4v) is 7.71. The molecule has 4 aliphatic carbocycles. The predicted molar refractivity (Wildman–Crippen MR) is 116 cm³/mol. The molecule has 2 saturated carbocycles. The van der Waals surface area contributed by atoms with Gasteiger partial charge in [-0.05, 0) is 90.0 Å². The van der Waals surface area contributed by atoms with Crippen LogP contribution in [0.3, 0.4) is 0 Å². The number of carbonyl (C=O) groups is 1. The summed E-state index contributed by atoms with van der Waals surface area (Å²) in [5.74, 6) is 1.52. The van der Waals surface area contributed by atoms with Crippen molar-refractivity contribution in [2.75, 3.05) is 6.61 Å². The molecule has 5 rings (SSSR count). The summed E-state index contributed by atoms with van der Waals surface area (Å²) in [5.41, 5.74) is 4.62. The van der Waals surface area contributed by atoms with Crippen molar-refractivity contribution in [3.05, 3.63) is 57.3 Å². The SMILES string of the molecule is C[C@]12C[C@H](c3ccsc3)C3=C4CCC(=O)C=C4CC[C@H]3[C@@H]1CC[C@@]2(O)C=CCO. The number of carbonyl (C=O) groups excluding carboxylic acids is 1. The van der Waals surface area contributed by atoms with E-state index in [1.807, 2.05) is 12.2 Å². The molecule has 0 spiro atoms. The van der Waals surface area contributed by atoms with Crippen molar-refractivity contribution in [2.45, 2.75) is 63.4 Å². The number of ketones is 1. The molecular formula is C25H30O3S. The normalized spacial score (nSPS) is 39.3. The van der Waals surface area contributed by atoms with Crippen LogP contribution >= 0.6 is 11.3 Å². The second-order valence-corrected chi connectivity index (χ2v) is 10.4. The molecule has 154 valence electrons. The van der Waals surface area contributed by atoms with Crippen LogP contribution in [0, 0.1) is 17.3 Å². The Balaban J connectivity index is 1.66. The van der Waals surface area contributed by atoms with Gasteiger partial charge < -0.3 is 10.2 Å². The number of aliphatic hydroxyl groups is 2. The molecule has 29 heavy (non-hydrogen) atoms. The summed E-state index contributed by atoms with van der Waals surface area (Å²) in [6.07, 6.45) is 11.8. The van der Waals surface area contributed by atoms with Crippen molar-refractivity contribution < 1.29 is 15.0 Å². The first-order valence-corrected chi connectivity index (χ1v) is 11.9. The van der Waals surface area contributed by atoms with Crippen molar-refractivity contribution in [1.82, 2.24) is 0 Å². The van der Waals surface area contributed by atoms with E-state index in [0.29, 0.717) is 24.2 Å². The van der Waals surface area contributed by atoms with E-state index in [0.717, 1.165) is 38.5 Å². The molecule has 0 saturated heterocycles. The monoisotopic (exact) mass is 410 g/mol. The van der Waals surface area contributed by atoms with Gasteiger partial charge in [0.25, 0.3) is 0 Å². The van der Waals surface area contributed by atoms with E-state index in [1.54, 1.807) is 23.0 Å². The lowest BCUT2D eigenvalue weighted by Gasteiger charge is -2.54. The van der Waals surface area contributed by atoms with Crippen molar-refractivity contribution in [1.29, 1.82) is 0 Å². The third-order valence-electron chi connectivity index (χ3n) is 8.39. The zero-order chi connectivity index (χ0) is 20.2. The number of fused-ring (bicyclic) bond motifs is 4. The molecule has 0 unspecified atom stereocenters. The maximum absolute atomic E-state index is 12.0. The van der Waals surface area contributed by atoms with Gasteiger partial charge in [0.1, 0.15) is 0 Å². The van der Waals surface area contributed by atoms with Crippen LogP contribution < -0.4 is 0 Å². The topological polar surface area (TPSA) is 57.5 Å². The minimum atomic E-state index is -0.858. The first kappa shape index (κ1) is 19.5. The highest BCUT2D eigenvalue weighted by molar-refractivity contribution is 7.08. The van der Waals surface area contributed by atoms with Crippen LogP contribution in [0.5, 0.6) is 0 Å². The second kappa shape index (κ2) is 7.04. The van der Waals surface area contributed by atoms with Crippen molar-refractivity contribution in [2.24, 2.45) is 17.3 Å². The highest BCUT2D eigenvalue weighted by Gasteiger charge is 2.61. The number of hydrogen-bond acceptors (Lipinski definition) is 4. The lowest BCUT2D eigenvalue weighted by atomic mass is 9.51. The zero-order valence-electron chi connectivity index (χ0n) is 17.1. The van der Waals surface area contributed by atoms with E-state index in [-0.39, 0.29) is 17.8 Å². The predicted octanol–water partition coefficient (Wildman–Crippen LogP) is 4.93. The summed E-state index contributed by atoms with van der Waals surface area (Å²) in [6, 6.07) is 2.24. The Morgan fingerprint density at radius 3 is 2.90 bits per heavy atom. The fraction of sp³-hybridized carbons (Fsp3) is 0.560. The quantitative estimate of drug-likeness (QED) is 0.695. The molecule has 1 aromatic rings. The van der Waals surface area contributed by atoms with E-state index in [1.165, 1.54) is 16.7 Å². The maximum atomic E-state index is 12.0. The Kier molecular flexibility index (Phi) is 4.73. The molecule has 2 fully saturated rings.